The molecule has 11 saturated heterocycles. The van der Waals surface area contributed by atoms with Crippen molar-refractivity contribution in [3.63, 3.8) is 0 Å². The Morgan fingerprint density at radius 2 is 1.31 bits per heavy atom. The molecule has 0 spiro atoms. The van der Waals surface area contributed by atoms with E-state index in [1.165, 1.54) is 20.1 Å². The van der Waals surface area contributed by atoms with Crippen LogP contribution in [0.5, 0.6) is 0 Å². The van der Waals surface area contributed by atoms with Gasteiger partial charge in [0.2, 0.25) is 5.91 Å². The molecule has 1 aromatic rings. The lowest BCUT2D eigenvalue weighted by atomic mass is 9.73. The lowest BCUT2D eigenvalue weighted by Gasteiger charge is -2.61. The average Bonchev–Trinajstić information content (AvgIpc) is 1.27. The van der Waals surface area contributed by atoms with Gasteiger partial charge in [-0.1, -0.05) is 62.1 Å². The van der Waals surface area contributed by atoms with Gasteiger partial charge in [0.25, 0.3) is 0 Å². The molecule has 12 rings (SSSR count). The quantitative estimate of drug-likeness (QED) is 0.0861. The van der Waals surface area contributed by atoms with Gasteiger partial charge in [-0.3, -0.25) is 13.9 Å². The van der Waals surface area contributed by atoms with Crippen molar-refractivity contribution in [3.8, 4) is 0 Å². The Balaban J connectivity index is 0.691. The molecule has 0 unspecified atom stereocenters. The van der Waals surface area contributed by atoms with E-state index in [9.17, 15) is 45.7 Å². The minimum atomic E-state index is -4.97. The molecule has 11 aliphatic heterocycles. The molecule has 91 heavy (non-hydrogen) atoms. The summed E-state index contributed by atoms with van der Waals surface area (Å²) in [7, 11) is -8.52. The molecule has 1 amide bonds. The van der Waals surface area contributed by atoms with Crippen molar-refractivity contribution in [2.45, 2.75) is 288 Å². The highest BCUT2D eigenvalue weighted by atomic mass is 32.3. The zero-order valence-corrected chi connectivity index (χ0v) is 54.3. The topological polar surface area (TPSA) is 325 Å². The number of methoxy groups -OCH3 is 1. The van der Waals surface area contributed by atoms with Crippen LogP contribution in [0.4, 0.5) is 0 Å². The Morgan fingerprint density at radius 1 is 0.725 bits per heavy atom. The largest absolute Gasteiger partial charge is 0.467 e. The first kappa shape index (κ1) is 67.6. The van der Waals surface area contributed by atoms with Crippen molar-refractivity contribution >= 4 is 32.7 Å². The molecule has 508 valence electrons. The fourth-order valence-electron chi connectivity index (χ4n) is 16.8. The maximum Gasteiger partial charge on any atom is 0.397 e. The highest BCUT2D eigenvalue weighted by molar-refractivity contribution is 7.81. The molecule has 11 fully saturated rings. The minimum absolute atomic E-state index is 0.0134. The first-order valence-electron chi connectivity index (χ1n) is 32.3. The Bertz CT molecular complexity index is 3120. The van der Waals surface area contributed by atoms with Gasteiger partial charge < -0.3 is 72.4 Å². The van der Waals surface area contributed by atoms with Crippen LogP contribution in [-0.4, -0.2) is 212 Å². The first-order chi connectivity index (χ1) is 42.9. The van der Waals surface area contributed by atoms with Crippen LogP contribution in [0.1, 0.15) is 143 Å². The number of esters is 1. The van der Waals surface area contributed by atoms with Gasteiger partial charge in [0.15, 0.2) is 6.04 Å². The summed E-state index contributed by atoms with van der Waals surface area (Å²) in [4.78, 5) is 26.6. The number of hydrogen-bond acceptors (Lipinski definition) is 22. The standard InChI is InChI=1S/C64H91NO24S2/c1-10-14-36(58(67)65-53(59(68)76-9)35-15-12-11-13-16-35)18-20-60(4,69)57-34(3)25-45-44(84-57)31-52-64(8,87-45)56(66)55-48(83-52)29-47-54(85-55)33(2)17-21-62(6)50(82-47)32-49-63(7,89-62)22-19-37-38(81-49)26-40-39(78-37)27-41-42(79-40)28-46-43(80-41)30-51(88-91(73,74)75)61(5,86-46)23-24-77-90(70,71)72/h10-13,15-16,18,20,33,36-57,66,69H,1,3,14,17,19,21-32H2,2,4-9H3,(H,65,67)(H,70,71,72)(H,73,74,75)/b20-18+/t33-,36+,37-,38+,39+,40-,41-,42+,43+,44+,45-,46-,47-,48+,49-,50+,51-,52-,53+,54+,55+,56+,57-,60+,61+,62-,63+,64-/m0/s1. The number of carbonyl (C=O) groups is 2. The molecule has 1 aromatic carbocycles. The van der Waals surface area contributed by atoms with Crippen molar-refractivity contribution in [3.05, 3.63) is 72.9 Å². The van der Waals surface area contributed by atoms with Gasteiger partial charge in [-0.2, -0.15) is 16.8 Å². The first-order valence-corrected chi connectivity index (χ1v) is 35.0. The fraction of sp³-hybridized carbons (Fsp3) is 0.781. The Morgan fingerprint density at radius 3 is 1.96 bits per heavy atom. The summed E-state index contributed by atoms with van der Waals surface area (Å²) >= 11 is 0. The number of benzene rings is 1. The van der Waals surface area contributed by atoms with E-state index < -0.39 is 165 Å². The molecular formula is C64H91NO24S2. The Labute approximate surface area is 532 Å². The normalized spacial score (nSPS) is 46.0. The van der Waals surface area contributed by atoms with Gasteiger partial charge in [0, 0.05) is 51.4 Å². The summed E-state index contributed by atoms with van der Waals surface area (Å²) in [5, 5.41) is 27.4. The predicted molar refractivity (Wildman–Crippen MR) is 319 cm³/mol. The van der Waals surface area contributed by atoms with Gasteiger partial charge in [0.05, 0.1) is 134 Å². The van der Waals surface area contributed by atoms with E-state index in [1.807, 2.05) is 6.92 Å². The molecule has 11 aliphatic rings. The second kappa shape index (κ2) is 25.5. The van der Waals surface area contributed by atoms with Crippen molar-refractivity contribution in [2.24, 2.45) is 11.8 Å². The maximum atomic E-state index is 13.8. The minimum Gasteiger partial charge on any atom is -0.467 e. The third-order valence-electron chi connectivity index (χ3n) is 21.8. The third kappa shape index (κ3) is 13.7. The number of carbonyl (C=O) groups excluding carboxylic acids is 2. The smallest absolute Gasteiger partial charge is 0.397 e. The van der Waals surface area contributed by atoms with Gasteiger partial charge in [-0.15, -0.1) is 6.58 Å². The molecule has 0 aliphatic carbocycles. The zero-order valence-electron chi connectivity index (χ0n) is 52.7. The Kier molecular flexibility index (Phi) is 19.0. The summed E-state index contributed by atoms with van der Waals surface area (Å²) < 4.78 is 156. The van der Waals surface area contributed by atoms with E-state index in [0.717, 1.165) is 6.42 Å². The number of aliphatic hydroxyl groups is 2. The number of nitrogens with one attached hydrogen (secondary N) is 1. The van der Waals surface area contributed by atoms with Crippen LogP contribution in [0, 0.1) is 11.8 Å². The number of amides is 1. The van der Waals surface area contributed by atoms with E-state index in [4.69, 9.17) is 61.0 Å². The van der Waals surface area contributed by atoms with Gasteiger partial charge in [-0.25, -0.2) is 13.2 Å². The van der Waals surface area contributed by atoms with Crippen LogP contribution in [-0.2, 0) is 95.6 Å². The molecule has 0 radical (unpaired) electrons. The molecular weight excluding hydrogens is 1230 g/mol. The van der Waals surface area contributed by atoms with Crippen LogP contribution in [0.2, 0.25) is 0 Å². The lowest BCUT2D eigenvalue weighted by molar-refractivity contribution is -0.369. The van der Waals surface area contributed by atoms with E-state index >= 15 is 0 Å². The van der Waals surface area contributed by atoms with Gasteiger partial charge in [0.1, 0.15) is 35.6 Å². The summed E-state index contributed by atoms with van der Waals surface area (Å²) in [5.74, 6) is -1.89. The molecule has 0 aromatic heterocycles. The van der Waals surface area contributed by atoms with Crippen molar-refractivity contribution in [1.29, 1.82) is 0 Å². The summed E-state index contributed by atoms with van der Waals surface area (Å²) in [6, 6.07) is 7.73. The second-order valence-electron chi connectivity index (χ2n) is 28.4. The molecule has 11 heterocycles. The third-order valence-corrected chi connectivity index (χ3v) is 22.8. The van der Waals surface area contributed by atoms with Crippen molar-refractivity contribution in [1.82, 2.24) is 5.32 Å². The fourth-order valence-corrected chi connectivity index (χ4v) is 17.7. The summed E-state index contributed by atoms with van der Waals surface area (Å²) in [5.41, 5.74) is -4.57. The number of fused-ring (bicyclic) bond motifs is 10. The zero-order chi connectivity index (χ0) is 65.0. The lowest BCUT2D eigenvalue weighted by Crippen LogP contribution is -2.74. The van der Waals surface area contributed by atoms with Crippen LogP contribution >= 0.6 is 0 Å². The predicted octanol–water partition coefficient (Wildman–Crippen LogP) is 5.15. The van der Waals surface area contributed by atoms with E-state index in [2.05, 4.69) is 43.4 Å². The number of allylic oxidation sites excluding steroid dienone is 1. The summed E-state index contributed by atoms with van der Waals surface area (Å²) in [6.07, 6.45) is -0.923. The Hall–Kier alpha value is -3.40. The van der Waals surface area contributed by atoms with E-state index in [1.54, 1.807) is 49.4 Å². The van der Waals surface area contributed by atoms with E-state index in [0.29, 0.717) is 75.3 Å². The molecule has 25 nitrogen and oxygen atoms in total. The highest BCUT2D eigenvalue weighted by Crippen LogP contribution is 2.54. The van der Waals surface area contributed by atoms with Crippen molar-refractivity contribution < 1.29 is 111 Å². The van der Waals surface area contributed by atoms with Crippen LogP contribution in [0.25, 0.3) is 0 Å². The maximum absolute atomic E-state index is 13.8. The molecule has 27 heteroatoms. The number of hydrogen-bond donors (Lipinski definition) is 5. The average molecular weight is 1320 g/mol. The van der Waals surface area contributed by atoms with Gasteiger partial charge in [-0.05, 0) is 90.2 Å². The SMILES string of the molecule is C=CC[C@H](/C=C/[C@@](C)(O)[C@H]1O[C@@H]2C[C@@H]3O[C@@H]4C[C@@H]5O[C@@H]6C[C@@H]7O[C@@H]8C[C@@H]9O[C@@H]%10C[C@@H]%11O[C@](C)(CCOS(=O)(=O)O)[C@@H](OS(=O)(=O)O)C[C@H]%11O[C@H]%10C[C@H]9O[C@H]8CC[C@@]7(C)O[C@@]6(C)CC[C@H](C)[C@H]5O[C@H]4[C@@H](O)[C@@]3(C)O[C@H]2CC1=C)C(=O)N[C@@H](C(=O)OC)c1ccccc1. The number of ether oxygens (including phenoxy) is 12. The van der Waals surface area contributed by atoms with Crippen molar-refractivity contribution in [2.75, 3.05) is 13.7 Å². The number of aliphatic hydroxyl groups excluding tert-OH is 1. The highest BCUT2D eigenvalue weighted by Gasteiger charge is 2.65. The molecule has 0 saturated carbocycles. The van der Waals surface area contributed by atoms with E-state index in [-0.39, 0.29) is 61.8 Å². The van der Waals surface area contributed by atoms with Gasteiger partial charge >= 0.3 is 26.8 Å². The number of rotatable bonds is 15. The summed E-state index contributed by atoms with van der Waals surface area (Å²) in [6.45, 7) is 19.0. The van der Waals surface area contributed by atoms with Crippen LogP contribution in [0.3, 0.4) is 0 Å². The second-order valence-corrected chi connectivity index (χ2v) is 30.5. The van der Waals surface area contributed by atoms with Crippen LogP contribution < -0.4 is 5.32 Å². The monoisotopic (exact) mass is 1320 g/mol. The molecule has 28 atom stereocenters. The molecule has 5 N–H and O–H groups in total. The van der Waals surface area contributed by atoms with Crippen LogP contribution in [0.15, 0.2) is 67.3 Å². The molecule has 0 bridgehead atoms.